The third-order valence-corrected chi connectivity index (χ3v) is 3.80. The van der Waals surface area contributed by atoms with Crippen LogP contribution in [0, 0.1) is 17.0 Å². The van der Waals surface area contributed by atoms with E-state index < -0.39 is 4.92 Å². The van der Waals surface area contributed by atoms with Crippen molar-refractivity contribution in [2.45, 2.75) is 13.3 Å². The number of amides is 1. The van der Waals surface area contributed by atoms with Crippen molar-refractivity contribution in [2.75, 3.05) is 11.1 Å². The number of nitrogen functional groups attached to an aromatic ring is 1. The van der Waals surface area contributed by atoms with Crippen molar-refractivity contribution in [3.8, 4) is 0 Å². The van der Waals surface area contributed by atoms with Crippen molar-refractivity contribution in [1.29, 1.82) is 0 Å². The molecule has 0 unspecified atom stereocenters. The number of nitrogens with zero attached hydrogens (tertiary/aromatic N) is 2. The predicted octanol–water partition coefficient (Wildman–Crippen LogP) is 3.21. The van der Waals surface area contributed by atoms with Crippen molar-refractivity contribution < 1.29 is 9.72 Å². The number of aromatic nitrogens is 1. The highest BCUT2D eigenvalue weighted by Crippen LogP contribution is 2.22. The number of carbonyl (C=O) groups excluding carboxylic acids is 1. The van der Waals surface area contributed by atoms with Gasteiger partial charge in [-0.3, -0.25) is 19.9 Å². The Labute approximate surface area is 143 Å². The number of carbonyl (C=O) groups is 1. The molecule has 0 saturated carbocycles. The van der Waals surface area contributed by atoms with Crippen molar-refractivity contribution in [3.05, 3.63) is 69.9 Å². The first kappa shape index (κ1) is 16.4. The van der Waals surface area contributed by atoms with Crippen LogP contribution in [0.1, 0.15) is 11.3 Å². The average molecular weight is 336 g/mol. The Morgan fingerprint density at radius 1 is 1.20 bits per heavy atom. The number of hydrogen-bond acceptors (Lipinski definition) is 5. The Balaban J connectivity index is 1.75. The number of anilines is 2. The molecule has 7 nitrogen and oxygen atoms in total. The number of nitro groups is 1. The monoisotopic (exact) mass is 336 g/mol. The summed E-state index contributed by atoms with van der Waals surface area (Å²) in [7, 11) is 0. The van der Waals surface area contributed by atoms with Crippen LogP contribution >= 0.6 is 0 Å². The van der Waals surface area contributed by atoms with Gasteiger partial charge in [0.2, 0.25) is 5.91 Å². The Bertz CT molecular complexity index is 985. The molecule has 0 atom stereocenters. The lowest BCUT2D eigenvalue weighted by molar-refractivity contribution is -0.385. The maximum atomic E-state index is 12.2. The van der Waals surface area contributed by atoms with Gasteiger partial charge in [-0.1, -0.05) is 12.1 Å². The number of benzene rings is 2. The Morgan fingerprint density at radius 2 is 2.00 bits per heavy atom. The smallest absolute Gasteiger partial charge is 0.274 e. The molecule has 3 aromatic rings. The molecule has 0 aliphatic heterocycles. The Kier molecular flexibility index (Phi) is 4.30. The normalized spacial score (nSPS) is 10.6. The summed E-state index contributed by atoms with van der Waals surface area (Å²) in [5.41, 5.74) is 8.65. The summed E-state index contributed by atoms with van der Waals surface area (Å²) in [6.45, 7) is 1.65. The number of nitro benzene ring substituents is 1. The fraction of sp³-hybridized carbons (Fsp3) is 0.111. The number of aryl methyl sites for hydroxylation is 1. The van der Waals surface area contributed by atoms with E-state index in [2.05, 4.69) is 10.3 Å². The molecule has 0 aliphatic carbocycles. The second-order valence-corrected chi connectivity index (χ2v) is 5.74. The standard InChI is InChI=1S/C18H16N4O3/c1-11-2-5-14(9-17(11)22(24)25)21-18(23)10-15-6-3-12-8-13(19)4-7-16(12)20-15/h2-9H,10,19H2,1H3,(H,21,23). The molecule has 0 radical (unpaired) electrons. The van der Waals surface area contributed by atoms with Gasteiger partial charge in [0, 0.05) is 28.4 Å². The molecule has 0 fully saturated rings. The van der Waals surface area contributed by atoms with Crippen LogP contribution in [0.2, 0.25) is 0 Å². The van der Waals surface area contributed by atoms with E-state index in [1.165, 1.54) is 6.07 Å². The molecule has 0 saturated heterocycles. The number of nitrogens with one attached hydrogen (secondary N) is 1. The minimum absolute atomic E-state index is 0.0285. The summed E-state index contributed by atoms with van der Waals surface area (Å²) in [5.74, 6) is -0.291. The van der Waals surface area contributed by atoms with Gasteiger partial charge in [-0.05, 0) is 37.3 Å². The second-order valence-electron chi connectivity index (χ2n) is 5.74. The number of nitrogens with two attached hydrogens (primary N) is 1. The van der Waals surface area contributed by atoms with Gasteiger partial charge in [0.1, 0.15) is 0 Å². The maximum Gasteiger partial charge on any atom is 0.274 e. The highest BCUT2D eigenvalue weighted by atomic mass is 16.6. The molecule has 3 N–H and O–H groups in total. The largest absolute Gasteiger partial charge is 0.399 e. The predicted molar refractivity (Wildman–Crippen MR) is 96.3 cm³/mol. The van der Waals surface area contributed by atoms with Gasteiger partial charge < -0.3 is 11.1 Å². The molecule has 1 aromatic heterocycles. The van der Waals surface area contributed by atoms with Crippen LogP contribution < -0.4 is 11.1 Å². The number of fused-ring (bicyclic) bond motifs is 1. The van der Waals surface area contributed by atoms with Gasteiger partial charge in [0.05, 0.1) is 22.6 Å². The molecule has 0 spiro atoms. The minimum Gasteiger partial charge on any atom is -0.399 e. The summed E-state index contributed by atoms with van der Waals surface area (Å²) in [6.07, 6.45) is 0.0714. The second kappa shape index (κ2) is 6.56. The molecule has 25 heavy (non-hydrogen) atoms. The van der Waals surface area contributed by atoms with E-state index >= 15 is 0 Å². The summed E-state index contributed by atoms with van der Waals surface area (Å²) < 4.78 is 0. The quantitative estimate of drug-likeness (QED) is 0.432. The van der Waals surface area contributed by atoms with Crippen LogP contribution in [0.3, 0.4) is 0 Å². The zero-order valence-corrected chi connectivity index (χ0v) is 13.5. The first-order valence-electron chi connectivity index (χ1n) is 7.62. The molecule has 2 aromatic carbocycles. The van der Waals surface area contributed by atoms with Gasteiger partial charge in [0.15, 0.2) is 0 Å². The van der Waals surface area contributed by atoms with Gasteiger partial charge >= 0.3 is 0 Å². The lowest BCUT2D eigenvalue weighted by atomic mass is 10.1. The van der Waals surface area contributed by atoms with Crippen molar-refractivity contribution in [1.82, 2.24) is 4.98 Å². The SMILES string of the molecule is Cc1ccc(NC(=O)Cc2ccc3cc(N)ccc3n2)cc1[N+](=O)[O-]. The Hall–Kier alpha value is -3.48. The van der Waals surface area contributed by atoms with Gasteiger partial charge in [-0.2, -0.15) is 0 Å². The maximum absolute atomic E-state index is 12.2. The lowest BCUT2D eigenvalue weighted by Gasteiger charge is -2.07. The van der Waals surface area contributed by atoms with Crippen LogP contribution in [-0.2, 0) is 11.2 Å². The van der Waals surface area contributed by atoms with E-state index in [-0.39, 0.29) is 18.0 Å². The van der Waals surface area contributed by atoms with Gasteiger partial charge in [-0.15, -0.1) is 0 Å². The first-order valence-corrected chi connectivity index (χ1v) is 7.62. The van der Waals surface area contributed by atoms with Gasteiger partial charge in [-0.25, -0.2) is 0 Å². The van der Waals surface area contributed by atoms with Crippen LogP contribution in [0.15, 0.2) is 48.5 Å². The summed E-state index contributed by atoms with van der Waals surface area (Å²) in [6, 6.07) is 13.6. The van der Waals surface area contributed by atoms with Crippen molar-refractivity contribution in [3.63, 3.8) is 0 Å². The number of pyridine rings is 1. The molecule has 0 aliphatic rings. The summed E-state index contributed by atoms with van der Waals surface area (Å²) in [5, 5.41) is 14.5. The van der Waals surface area contributed by atoms with Gasteiger partial charge in [0.25, 0.3) is 5.69 Å². The average Bonchev–Trinajstić information content (AvgIpc) is 2.56. The van der Waals surface area contributed by atoms with E-state index in [0.717, 1.165) is 10.9 Å². The van der Waals surface area contributed by atoms with Crippen molar-refractivity contribution >= 4 is 33.9 Å². The molecule has 0 bridgehead atoms. The van der Waals surface area contributed by atoms with Crippen LogP contribution in [-0.4, -0.2) is 15.8 Å². The van der Waals surface area contributed by atoms with E-state index in [4.69, 9.17) is 5.73 Å². The third-order valence-electron chi connectivity index (χ3n) is 3.80. The zero-order valence-electron chi connectivity index (χ0n) is 13.5. The van der Waals surface area contributed by atoms with E-state index in [1.807, 2.05) is 12.1 Å². The fourth-order valence-electron chi connectivity index (χ4n) is 2.54. The third kappa shape index (κ3) is 3.72. The first-order chi connectivity index (χ1) is 11.9. The zero-order chi connectivity index (χ0) is 18.0. The molecular formula is C18H16N4O3. The van der Waals surface area contributed by atoms with Crippen LogP contribution in [0.5, 0.6) is 0 Å². The number of rotatable bonds is 4. The molecule has 1 amide bonds. The number of hydrogen-bond donors (Lipinski definition) is 2. The highest BCUT2D eigenvalue weighted by molar-refractivity contribution is 5.93. The summed E-state index contributed by atoms with van der Waals surface area (Å²) >= 11 is 0. The van der Waals surface area contributed by atoms with Crippen molar-refractivity contribution in [2.24, 2.45) is 0 Å². The van der Waals surface area contributed by atoms with Crippen LogP contribution in [0.25, 0.3) is 10.9 Å². The molecular weight excluding hydrogens is 320 g/mol. The lowest BCUT2D eigenvalue weighted by Crippen LogP contribution is -2.15. The van der Waals surface area contributed by atoms with E-state index in [1.54, 1.807) is 37.3 Å². The van der Waals surface area contributed by atoms with E-state index in [9.17, 15) is 14.9 Å². The molecule has 126 valence electrons. The topological polar surface area (TPSA) is 111 Å². The fourth-order valence-corrected chi connectivity index (χ4v) is 2.54. The molecule has 3 rings (SSSR count). The van der Waals surface area contributed by atoms with E-state index in [0.29, 0.717) is 22.6 Å². The highest BCUT2D eigenvalue weighted by Gasteiger charge is 2.13. The summed E-state index contributed by atoms with van der Waals surface area (Å²) in [4.78, 5) is 27.1. The van der Waals surface area contributed by atoms with Crippen LogP contribution in [0.4, 0.5) is 17.1 Å². The Morgan fingerprint density at radius 3 is 2.76 bits per heavy atom. The molecule has 7 heteroatoms. The minimum atomic E-state index is -0.471. The molecule has 1 heterocycles.